The molecule has 2 rings (SSSR count). The summed E-state index contributed by atoms with van der Waals surface area (Å²) in [4.78, 5) is 26.2. The third-order valence-corrected chi connectivity index (χ3v) is 2.30. The number of carbonyl (C=O) groups excluding carboxylic acids is 2. The molecule has 0 saturated carbocycles. The monoisotopic (exact) mass is 266 g/mol. The lowest BCUT2D eigenvalue weighted by Gasteiger charge is -2.08. The fourth-order valence-electron chi connectivity index (χ4n) is 1.39. The predicted molar refractivity (Wildman–Crippen MR) is 61.5 cm³/mol. The van der Waals surface area contributed by atoms with Crippen LogP contribution in [0.25, 0.3) is 0 Å². The number of halogens is 2. The Morgan fingerprint density at radius 1 is 1.26 bits per heavy atom. The first-order valence-corrected chi connectivity index (χ1v) is 5.07. The summed E-state index contributed by atoms with van der Waals surface area (Å²) in [7, 11) is 0. The summed E-state index contributed by atoms with van der Waals surface area (Å²) in [5.74, 6) is -3.17. The van der Waals surface area contributed by atoms with Crippen LogP contribution in [0.5, 0.6) is 0 Å². The van der Waals surface area contributed by atoms with Crippen molar-refractivity contribution < 1.29 is 18.4 Å². The van der Waals surface area contributed by atoms with Crippen molar-refractivity contribution in [2.24, 2.45) is 5.73 Å². The molecule has 0 aliphatic heterocycles. The van der Waals surface area contributed by atoms with Gasteiger partial charge in [-0.2, -0.15) is 0 Å². The lowest BCUT2D eigenvalue weighted by Crippen LogP contribution is -2.20. The van der Waals surface area contributed by atoms with Crippen molar-refractivity contribution in [3.63, 3.8) is 0 Å². The van der Waals surface area contributed by atoms with Crippen molar-refractivity contribution in [1.29, 1.82) is 0 Å². The molecule has 0 aliphatic carbocycles. The summed E-state index contributed by atoms with van der Waals surface area (Å²) < 4.78 is 27.7. The number of anilines is 1. The number of benzene rings is 1. The zero-order valence-corrected chi connectivity index (χ0v) is 9.43. The van der Waals surface area contributed by atoms with E-state index in [0.29, 0.717) is 6.07 Å². The fourth-order valence-corrected chi connectivity index (χ4v) is 1.39. The number of aromatic nitrogens is 2. The summed E-state index contributed by atoms with van der Waals surface area (Å²) in [6.07, 6.45) is 3.90. The van der Waals surface area contributed by atoms with Crippen molar-refractivity contribution in [3.8, 4) is 0 Å². The second kappa shape index (κ2) is 4.84. The Labute approximate surface area is 105 Å². The molecule has 0 fully saturated rings. The summed E-state index contributed by atoms with van der Waals surface area (Å²) in [6.45, 7) is 0. The summed E-state index contributed by atoms with van der Waals surface area (Å²) >= 11 is 0. The van der Waals surface area contributed by atoms with Gasteiger partial charge in [-0.15, -0.1) is 0 Å². The number of imidazole rings is 1. The van der Waals surface area contributed by atoms with Gasteiger partial charge in [-0.25, -0.2) is 18.6 Å². The van der Waals surface area contributed by atoms with E-state index in [-0.39, 0.29) is 5.69 Å². The molecule has 1 heterocycles. The molecular weight excluding hydrogens is 258 g/mol. The molecule has 0 aliphatic rings. The molecule has 0 radical (unpaired) electrons. The topological polar surface area (TPSA) is 90.0 Å². The number of amides is 2. The Balaban J connectivity index is 2.32. The third kappa shape index (κ3) is 2.57. The minimum atomic E-state index is -1.09. The molecule has 6 nitrogen and oxygen atoms in total. The standard InChI is InChI=1S/C11H8F2N4O2/c12-7-4-8(13)9(3-6(7)10(14)18)16-11(19)17-2-1-15-5-17/h1-5H,(H2,14,18)(H,16,19). The molecule has 0 saturated heterocycles. The molecule has 1 aromatic heterocycles. The number of rotatable bonds is 2. The molecule has 0 unspecified atom stereocenters. The predicted octanol–water partition coefficient (Wildman–Crippen LogP) is 1.34. The van der Waals surface area contributed by atoms with Gasteiger partial charge < -0.3 is 11.1 Å². The number of hydrogen-bond acceptors (Lipinski definition) is 3. The van der Waals surface area contributed by atoms with Gasteiger partial charge in [-0.1, -0.05) is 0 Å². The van der Waals surface area contributed by atoms with E-state index in [1.165, 1.54) is 18.7 Å². The maximum absolute atomic E-state index is 13.5. The van der Waals surface area contributed by atoms with Crippen LogP contribution >= 0.6 is 0 Å². The average molecular weight is 266 g/mol. The number of nitrogens with one attached hydrogen (secondary N) is 1. The van der Waals surface area contributed by atoms with E-state index in [9.17, 15) is 18.4 Å². The van der Waals surface area contributed by atoms with Crippen LogP contribution < -0.4 is 11.1 Å². The van der Waals surface area contributed by atoms with E-state index in [1.54, 1.807) is 0 Å². The normalized spacial score (nSPS) is 10.2. The second-order valence-electron chi connectivity index (χ2n) is 3.58. The summed E-state index contributed by atoms with van der Waals surface area (Å²) in [5.41, 5.74) is 4.07. The number of nitrogens with zero attached hydrogens (tertiary/aromatic N) is 2. The van der Waals surface area contributed by atoms with Crippen LogP contribution in [0.3, 0.4) is 0 Å². The lowest BCUT2D eigenvalue weighted by atomic mass is 10.1. The van der Waals surface area contributed by atoms with E-state index < -0.39 is 29.1 Å². The van der Waals surface area contributed by atoms with Crippen LogP contribution in [0.1, 0.15) is 10.4 Å². The average Bonchev–Trinajstić information content (AvgIpc) is 2.85. The fraction of sp³-hybridized carbons (Fsp3) is 0. The molecule has 3 N–H and O–H groups in total. The molecule has 19 heavy (non-hydrogen) atoms. The van der Waals surface area contributed by atoms with E-state index in [0.717, 1.165) is 10.6 Å². The quantitative estimate of drug-likeness (QED) is 0.859. The number of carbonyl (C=O) groups is 2. The number of nitrogens with two attached hydrogens (primary N) is 1. The van der Waals surface area contributed by atoms with Crippen LogP contribution in [0.15, 0.2) is 30.9 Å². The van der Waals surface area contributed by atoms with Gasteiger partial charge in [0.2, 0.25) is 0 Å². The highest BCUT2D eigenvalue weighted by atomic mass is 19.1. The first kappa shape index (κ1) is 12.7. The van der Waals surface area contributed by atoms with Crippen LogP contribution in [0, 0.1) is 11.6 Å². The van der Waals surface area contributed by atoms with E-state index in [1.807, 2.05) is 0 Å². The van der Waals surface area contributed by atoms with Gasteiger partial charge in [0.25, 0.3) is 5.91 Å². The van der Waals surface area contributed by atoms with Crippen molar-refractivity contribution in [3.05, 3.63) is 48.1 Å². The Kier molecular flexibility index (Phi) is 3.23. The van der Waals surface area contributed by atoms with Gasteiger partial charge in [0.15, 0.2) is 0 Å². The van der Waals surface area contributed by atoms with Gasteiger partial charge >= 0.3 is 6.03 Å². The Morgan fingerprint density at radius 2 is 2.00 bits per heavy atom. The Bertz CT molecular complexity index is 640. The molecule has 98 valence electrons. The van der Waals surface area contributed by atoms with Crippen molar-refractivity contribution >= 4 is 17.6 Å². The zero-order valence-electron chi connectivity index (χ0n) is 9.43. The molecule has 1 aromatic carbocycles. The highest BCUT2D eigenvalue weighted by Crippen LogP contribution is 2.19. The van der Waals surface area contributed by atoms with Gasteiger partial charge in [0.1, 0.15) is 18.0 Å². The third-order valence-electron chi connectivity index (χ3n) is 2.30. The first-order valence-electron chi connectivity index (χ1n) is 5.07. The summed E-state index contributed by atoms with van der Waals surface area (Å²) in [6, 6.07) is 0.601. The number of hydrogen-bond donors (Lipinski definition) is 2. The van der Waals surface area contributed by atoms with Crippen molar-refractivity contribution in [2.75, 3.05) is 5.32 Å². The molecule has 0 bridgehead atoms. The smallest absolute Gasteiger partial charge is 0.331 e. The largest absolute Gasteiger partial charge is 0.366 e. The van der Waals surface area contributed by atoms with E-state index >= 15 is 0 Å². The maximum Gasteiger partial charge on any atom is 0.331 e. The van der Waals surface area contributed by atoms with Gasteiger partial charge in [0, 0.05) is 18.5 Å². The molecule has 8 heteroatoms. The minimum absolute atomic E-state index is 0.353. The first-order chi connectivity index (χ1) is 8.99. The van der Waals surface area contributed by atoms with Crippen LogP contribution in [0.4, 0.5) is 19.3 Å². The Morgan fingerprint density at radius 3 is 2.58 bits per heavy atom. The highest BCUT2D eigenvalue weighted by molar-refractivity contribution is 5.96. The second-order valence-corrected chi connectivity index (χ2v) is 3.58. The van der Waals surface area contributed by atoms with Crippen LogP contribution in [0.2, 0.25) is 0 Å². The van der Waals surface area contributed by atoms with Gasteiger partial charge in [-0.05, 0) is 6.07 Å². The molecule has 2 amide bonds. The maximum atomic E-state index is 13.5. The summed E-state index contributed by atoms with van der Waals surface area (Å²) in [5, 5.41) is 2.17. The van der Waals surface area contributed by atoms with E-state index in [4.69, 9.17) is 5.73 Å². The SMILES string of the molecule is NC(=O)c1cc(NC(=O)n2ccnc2)c(F)cc1F. The molecule has 0 spiro atoms. The molecule has 2 aromatic rings. The highest BCUT2D eigenvalue weighted by Gasteiger charge is 2.15. The van der Waals surface area contributed by atoms with Crippen molar-refractivity contribution in [2.45, 2.75) is 0 Å². The zero-order chi connectivity index (χ0) is 14.0. The molecule has 0 atom stereocenters. The van der Waals surface area contributed by atoms with Crippen LogP contribution in [-0.4, -0.2) is 21.5 Å². The molecular formula is C11H8F2N4O2. The Hall–Kier alpha value is -2.77. The van der Waals surface area contributed by atoms with Crippen molar-refractivity contribution in [1.82, 2.24) is 9.55 Å². The minimum Gasteiger partial charge on any atom is -0.366 e. The van der Waals surface area contributed by atoms with Crippen LogP contribution in [-0.2, 0) is 0 Å². The lowest BCUT2D eigenvalue weighted by molar-refractivity contribution is 0.0996. The van der Waals surface area contributed by atoms with E-state index in [2.05, 4.69) is 10.3 Å². The van der Waals surface area contributed by atoms with Gasteiger partial charge in [0.05, 0.1) is 11.3 Å². The van der Waals surface area contributed by atoms with Gasteiger partial charge in [-0.3, -0.25) is 9.36 Å². The number of primary amides is 1.